The van der Waals surface area contributed by atoms with Crippen molar-refractivity contribution in [3.8, 4) is 0 Å². The summed E-state index contributed by atoms with van der Waals surface area (Å²) in [6, 6.07) is 8.87. The summed E-state index contributed by atoms with van der Waals surface area (Å²) < 4.78 is 0. The SMILES string of the molecule is O=C(CNC(=O)c1ccccc1)NCC1CC1. The first-order valence-corrected chi connectivity index (χ1v) is 5.85. The highest BCUT2D eigenvalue weighted by molar-refractivity contribution is 5.96. The first kappa shape index (κ1) is 11.6. The Morgan fingerprint density at radius 2 is 1.82 bits per heavy atom. The Kier molecular flexibility index (Phi) is 3.75. The molecule has 1 fully saturated rings. The summed E-state index contributed by atoms with van der Waals surface area (Å²) in [4.78, 5) is 23.0. The van der Waals surface area contributed by atoms with E-state index in [1.165, 1.54) is 12.8 Å². The van der Waals surface area contributed by atoms with Crippen molar-refractivity contribution < 1.29 is 9.59 Å². The van der Waals surface area contributed by atoms with Gasteiger partial charge in [0.15, 0.2) is 0 Å². The summed E-state index contributed by atoms with van der Waals surface area (Å²) in [6.45, 7) is 0.778. The molecule has 0 unspecified atom stereocenters. The van der Waals surface area contributed by atoms with Gasteiger partial charge in [-0.25, -0.2) is 0 Å². The molecule has 90 valence electrons. The third-order valence-electron chi connectivity index (χ3n) is 2.73. The highest BCUT2D eigenvalue weighted by Gasteiger charge is 2.21. The van der Waals surface area contributed by atoms with Crippen molar-refractivity contribution >= 4 is 11.8 Å². The molecule has 1 aromatic carbocycles. The molecular weight excluding hydrogens is 216 g/mol. The smallest absolute Gasteiger partial charge is 0.251 e. The molecule has 17 heavy (non-hydrogen) atoms. The zero-order valence-electron chi connectivity index (χ0n) is 9.61. The predicted molar refractivity (Wildman–Crippen MR) is 64.5 cm³/mol. The van der Waals surface area contributed by atoms with Crippen molar-refractivity contribution in [3.05, 3.63) is 35.9 Å². The maximum absolute atomic E-state index is 11.6. The highest BCUT2D eigenvalue weighted by Crippen LogP contribution is 2.27. The van der Waals surface area contributed by atoms with E-state index >= 15 is 0 Å². The fraction of sp³-hybridized carbons (Fsp3) is 0.385. The summed E-state index contributed by atoms with van der Waals surface area (Å²) >= 11 is 0. The molecule has 2 N–H and O–H groups in total. The lowest BCUT2D eigenvalue weighted by Crippen LogP contribution is -2.37. The fourth-order valence-corrected chi connectivity index (χ4v) is 1.49. The normalized spacial score (nSPS) is 14.1. The molecule has 2 rings (SSSR count). The van der Waals surface area contributed by atoms with Crippen molar-refractivity contribution in [2.75, 3.05) is 13.1 Å². The summed E-state index contributed by atoms with van der Waals surface area (Å²) in [6.07, 6.45) is 2.41. The molecule has 0 bridgehead atoms. The van der Waals surface area contributed by atoms with E-state index < -0.39 is 0 Å². The van der Waals surface area contributed by atoms with Crippen molar-refractivity contribution in [1.29, 1.82) is 0 Å². The van der Waals surface area contributed by atoms with Crippen LogP contribution in [0.25, 0.3) is 0 Å². The minimum Gasteiger partial charge on any atom is -0.354 e. The van der Waals surface area contributed by atoms with Crippen LogP contribution in [0, 0.1) is 5.92 Å². The number of carbonyl (C=O) groups excluding carboxylic acids is 2. The number of hydrogen-bond acceptors (Lipinski definition) is 2. The van der Waals surface area contributed by atoms with Gasteiger partial charge < -0.3 is 10.6 Å². The van der Waals surface area contributed by atoms with Gasteiger partial charge in [0.1, 0.15) is 0 Å². The molecule has 1 aliphatic rings. The van der Waals surface area contributed by atoms with Gasteiger partial charge in [-0.15, -0.1) is 0 Å². The first-order valence-electron chi connectivity index (χ1n) is 5.85. The molecule has 1 aromatic rings. The zero-order chi connectivity index (χ0) is 12.1. The maximum atomic E-state index is 11.6. The van der Waals surface area contributed by atoms with E-state index in [1.54, 1.807) is 24.3 Å². The Labute approximate surface area is 100 Å². The first-order chi connectivity index (χ1) is 8.25. The van der Waals surface area contributed by atoms with E-state index in [4.69, 9.17) is 0 Å². The van der Waals surface area contributed by atoms with Crippen LogP contribution in [-0.2, 0) is 4.79 Å². The van der Waals surface area contributed by atoms with Crippen LogP contribution in [-0.4, -0.2) is 24.9 Å². The molecule has 4 heteroatoms. The second-order valence-electron chi connectivity index (χ2n) is 4.30. The van der Waals surface area contributed by atoms with Gasteiger partial charge in [0.05, 0.1) is 6.54 Å². The van der Waals surface area contributed by atoms with Gasteiger partial charge in [0.2, 0.25) is 5.91 Å². The zero-order valence-corrected chi connectivity index (χ0v) is 9.61. The maximum Gasteiger partial charge on any atom is 0.251 e. The Balaban J connectivity index is 1.70. The minimum absolute atomic E-state index is 0.0421. The molecule has 1 aliphatic carbocycles. The summed E-state index contributed by atoms with van der Waals surface area (Å²) in [5.41, 5.74) is 0.572. The van der Waals surface area contributed by atoms with Crippen molar-refractivity contribution in [1.82, 2.24) is 10.6 Å². The Hall–Kier alpha value is -1.84. The minimum atomic E-state index is -0.216. The van der Waals surface area contributed by atoms with E-state index in [2.05, 4.69) is 10.6 Å². The Morgan fingerprint density at radius 1 is 1.12 bits per heavy atom. The molecule has 0 aromatic heterocycles. The van der Waals surface area contributed by atoms with Crippen LogP contribution in [0.3, 0.4) is 0 Å². The molecule has 0 saturated heterocycles. The van der Waals surface area contributed by atoms with Gasteiger partial charge in [-0.05, 0) is 30.9 Å². The number of nitrogens with one attached hydrogen (secondary N) is 2. The van der Waals surface area contributed by atoms with E-state index in [0.29, 0.717) is 11.5 Å². The van der Waals surface area contributed by atoms with Crippen LogP contribution in [0.5, 0.6) is 0 Å². The largest absolute Gasteiger partial charge is 0.354 e. The third kappa shape index (κ3) is 3.90. The average molecular weight is 232 g/mol. The van der Waals surface area contributed by atoms with Crippen LogP contribution in [0.1, 0.15) is 23.2 Å². The van der Waals surface area contributed by atoms with Gasteiger partial charge in [0, 0.05) is 12.1 Å². The van der Waals surface area contributed by atoms with Crippen LogP contribution in [0.2, 0.25) is 0 Å². The van der Waals surface area contributed by atoms with Crippen LogP contribution < -0.4 is 10.6 Å². The van der Waals surface area contributed by atoms with Crippen LogP contribution in [0.4, 0.5) is 0 Å². The molecule has 0 aliphatic heterocycles. The van der Waals surface area contributed by atoms with E-state index in [1.807, 2.05) is 6.07 Å². The summed E-state index contributed by atoms with van der Waals surface area (Å²) in [5.74, 6) is 0.317. The van der Waals surface area contributed by atoms with Crippen molar-refractivity contribution in [3.63, 3.8) is 0 Å². The predicted octanol–water partition coefficient (Wildman–Crippen LogP) is 0.943. The Bertz CT molecular complexity index is 399. The van der Waals surface area contributed by atoms with Gasteiger partial charge in [-0.3, -0.25) is 9.59 Å². The van der Waals surface area contributed by atoms with Gasteiger partial charge in [0.25, 0.3) is 5.91 Å². The van der Waals surface area contributed by atoms with E-state index in [-0.39, 0.29) is 18.4 Å². The number of benzene rings is 1. The topological polar surface area (TPSA) is 58.2 Å². The highest BCUT2D eigenvalue weighted by atomic mass is 16.2. The molecule has 0 radical (unpaired) electrons. The number of hydrogen-bond donors (Lipinski definition) is 2. The van der Waals surface area contributed by atoms with Gasteiger partial charge >= 0.3 is 0 Å². The molecule has 2 amide bonds. The fourth-order valence-electron chi connectivity index (χ4n) is 1.49. The summed E-state index contributed by atoms with van der Waals surface area (Å²) in [5, 5.41) is 5.39. The molecule has 4 nitrogen and oxygen atoms in total. The van der Waals surface area contributed by atoms with E-state index in [0.717, 1.165) is 6.54 Å². The standard InChI is InChI=1S/C13H16N2O2/c16-12(14-8-10-6-7-10)9-15-13(17)11-4-2-1-3-5-11/h1-5,10H,6-9H2,(H,14,16)(H,15,17). The number of carbonyl (C=O) groups is 2. The average Bonchev–Trinajstić information content (AvgIpc) is 3.18. The quantitative estimate of drug-likeness (QED) is 0.794. The van der Waals surface area contributed by atoms with Crippen molar-refractivity contribution in [2.24, 2.45) is 5.92 Å². The Morgan fingerprint density at radius 3 is 2.47 bits per heavy atom. The molecule has 0 spiro atoms. The third-order valence-corrected chi connectivity index (χ3v) is 2.73. The molecule has 1 saturated carbocycles. The number of rotatable bonds is 5. The van der Waals surface area contributed by atoms with E-state index in [9.17, 15) is 9.59 Å². The molecule has 0 heterocycles. The van der Waals surface area contributed by atoms with Crippen LogP contribution in [0.15, 0.2) is 30.3 Å². The summed E-state index contributed by atoms with van der Waals surface area (Å²) in [7, 11) is 0. The second-order valence-corrected chi connectivity index (χ2v) is 4.30. The lowest BCUT2D eigenvalue weighted by atomic mass is 10.2. The number of amides is 2. The van der Waals surface area contributed by atoms with Crippen LogP contribution >= 0.6 is 0 Å². The second kappa shape index (κ2) is 5.48. The van der Waals surface area contributed by atoms with Gasteiger partial charge in [-0.1, -0.05) is 18.2 Å². The van der Waals surface area contributed by atoms with Crippen molar-refractivity contribution in [2.45, 2.75) is 12.8 Å². The monoisotopic (exact) mass is 232 g/mol. The molecular formula is C13H16N2O2. The van der Waals surface area contributed by atoms with Gasteiger partial charge in [-0.2, -0.15) is 0 Å². The molecule has 0 atom stereocenters. The lowest BCUT2D eigenvalue weighted by molar-refractivity contribution is -0.120. The lowest BCUT2D eigenvalue weighted by Gasteiger charge is -2.06.